The Morgan fingerprint density at radius 3 is 2.02 bits per heavy atom. The molecule has 1 unspecified atom stereocenters. The van der Waals surface area contributed by atoms with Gasteiger partial charge in [0.1, 0.15) is 28.9 Å². The van der Waals surface area contributed by atoms with Gasteiger partial charge in [-0.1, -0.05) is 12.1 Å². The monoisotopic (exact) mass is 816 g/mol. The molecule has 0 saturated carbocycles. The molecule has 2 atom stereocenters. The fourth-order valence-corrected chi connectivity index (χ4v) is 5.21. The van der Waals surface area contributed by atoms with Crippen molar-refractivity contribution in [2.45, 2.75) is 136 Å². The summed E-state index contributed by atoms with van der Waals surface area (Å²) in [6.45, 7) is 14.0. The minimum atomic E-state index is -1.40. The molecule has 2 rings (SSSR count). The van der Waals surface area contributed by atoms with E-state index in [0.717, 1.165) is 4.90 Å². The Kier molecular flexibility index (Phi) is 18.1. The van der Waals surface area contributed by atoms with E-state index in [9.17, 15) is 38.4 Å². The third kappa shape index (κ3) is 19.4. The van der Waals surface area contributed by atoms with Gasteiger partial charge in [0.2, 0.25) is 29.6 Å². The van der Waals surface area contributed by atoms with Gasteiger partial charge in [-0.05, 0) is 106 Å². The number of rotatable bonds is 6. The predicted octanol–water partition coefficient (Wildman–Crippen LogP) is 2.51. The number of ether oxygens (including phenoxy) is 3. The Labute approximate surface area is 339 Å². The SMILES string of the molecule is CC(C)(C)OC(=O)CC1NC(=O)CNC(=O)[C@H](CCCN(C(=N)NC(=O)OC(C)(C)C)C(=O)OC(C)(C)C)NC(=O)CCCCNC(=O)c2cccc(c2)CNC1=O. The topological polar surface area (TPSA) is 264 Å². The van der Waals surface area contributed by atoms with Crippen molar-refractivity contribution in [1.82, 2.24) is 36.8 Å². The molecule has 322 valence electrons. The minimum Gasteiger partial charge on any atom is -0.460 e. The van der Waals surface area contributed by atoms with Crippen LogP contribution in [0.5, 0.6) is 0 Å². The normalized spacial score (nSPS) is 18.1. The number of fused-ring (bicyclic) bond motifs is 2. The van der Waals surface area contributed by atoms with Gasteiger partial charge in [0.25, 0.3) is 5.91 Å². The van der Waals surface area contributed by atoms with Gasteiger partial charge >= 0.3 is 18.2 Å². The molecule has 1 aliphatic rings. The van der Waals surface area contributed by atoms with Crippen molar-refractivity contribution >= 4 is 53.7 Å². The number of nitrogens with one attached hydrogen (secondary N) is 7. The second-order valence-corrected chi connectivity index (χ2v) is 16.6. The largest absolute Gasteiger partial charge is 0.460 e. The number of carbonyl (C=O) groups is 8. The number of nitrogens with zero attached hydrogens (tertiary/aromatic N) is 1. The van der Waals surface area contributed by atoms with Crippen molar-refractivity contribution in [3.63, 3.8) is 0 Å². The number of benzene rings is 1. The highest BCUT2D eigenvalue weighted by Gasteiger charge is 2.30. The Morgan fingerprint density at radius 2 is 1.38 bits per heavy atom. The van der Waals surface area contributed by atoms with Crippen LogP contribution in [0.3, 0.4) is 0 Å². The van der Waals surface area contributed by atoms with E-state index in [1.165, 1.54) is 0 Å². The molecule has 0 radical (unpaired) electrons. The Hall–Kier alpha value is -5.75. The molecule has 2 bridgehead atoms. The second-order valence-electron chi connectivity index (χ2n) is 16.6. The Bertz CT molecular complexity index is 1680. The maximum Gasteiger partial charge on any atom is 0.417 e. The molecule has 19 heteroatoms. The average Bonchev–Trinajstić information content (AvgIpc) is 3.07. The van der Waals surface area contributed by atoms with Crippen LogP contribution >= 0.6 is 0 Å². The summed E-state index contributed by atoms with van der Waals surface area (Å²) in [5, 5.41) is 23.6. The Morgan fingerprint density at radius 1 is 0.776 bits per heavy atom. The van der Waals surface area contributed by atoms with E-state index in [1.807, 2.05) is 0 Å². The van der Waals surface area contributed by atoms with Crippen LogP contribution in [-0.2, 0) is 44.7 Å². The maximum atomic E-state index is 13.5. The molecule has 0 aromatic heterocycles. The lowest BCUT2D eigenvalue weighted by Gasteiger charge is -2.28. The van der Waals surface area contributed by atoms with E-state index in [-0.39, 0.29) is 44.8 Å². The van der Waals surface area contributed by atoms with Crippen LogP contribution in [0, 0.1) is 5.41 Å². The third-order valence-electron chi connectivity index (χ3n) is 7.67. The van der Waals surface area contributed by atoms with Gasteiger partial charge in [0.15, 0.2) is 0 Å². The van der Waals surface area contributed by atoms with E-state index in [4.69, 9.17) is 19.6 Å². The average molecular weight is 817 g/mol. The summed E-state index contributed by atoms with van der Waals surface area (Å²) in [5.74, 6) is -4.62. The fraction of sp³-hybridized carbons (Fsp3) is 0.615. The predicted molar refractivity (Wildman–Crippen MR) is 211 cm³/mol. The molecular formula is C39H60N8O11. The standard InChI is InChI=1S/C39H60N8O11/c1-37(2,3)56-30(50)21-27-33(53)42-22-24-14-12-15-25(20-24)31(51)41-18-11-10-17-28(48)44-26(32(52)43-23-29(49)45-27)16-13-19-47(36(55)58-39(7,8)9)34(40)46-35(54)57-38(4,5)6/h12,14-15,20,26-27H,10-11,13,16-19,21-23H2,1-9H3,(H,41,51)(H,42,53)(H,43,52)(H,44,48)(H,45,49)(H2,40,46,54)/t26-,27?/m0/s1. The van der Waals surface area contributed by atoms with Crippen LogP contribution in [0.1, 0.15) is 117 Å². The van der Waals surface area contributed by atoms with Crippen LogP contribution in [0.2, 0.25) is 0 Å². The fourth-order valence-electron chi connectivity index (χ4n) is 5.21. The number of amides is 7. The molecule has 1 aromatic rings. The van der Waals surface area contributed by atoms with Crippen molar-refractivity contribution in [1.29, 1.82) is 5.41 Å². The van der Waals surface area contributed by atoms with Crippen molar-refractivity contribution in [2.24, 2.45) is 0 Å². The van der Waals surface area contributed by atoms with Crippen LogP contribution in [0.4, 0.5) is 9.59 Å². The number of alkyl carbamates (subject to hydrolysis) is 1. The lowest BCUT2D eigenvalue weighted by Crippen LogP contribution is -2.53. The summed E-state index contributed by atoms with van der Waals surface area (Å²) in [5.41, 5.74) is -1.82. The quantitative estimate of drug-likeness (QED) is 0.0950. The lowest BCUT2D eigenvalue weighted by atomic mass is 10.1. The maximum absolute atomic E-state index is 13.5. The van der Waals surface area contributed by atoms with E-state index in [2.05, 4.69) is 31.9 Å². The summed E-state index contributed by atoms with van der Waals surface area (Å²) in [7, 11) is 0. The first-order chi connectivity index (χ1) is 26.8. The first-order valence-corrected chi connectivity index (χ1v) is 19.1. The lowest BCUT2D eigenvalue weighted by molar-refractivity contribution is -0.156. The van der Waals surface area contributed by atoms with Gasteiger partial charge in [-0.25, -0.2) is 14.5 Å². The van der Waals surface area contributed by atoms with Gasteiger partial charge in [0, 0.05) is 31.6 Å². The summed E-state index contributed by atoms with van der Waals surface area (Å²) in [6, 6.07) is 3.89. The van der Waals surface area contributed by atoms with Crippen LogP contribution in [0.15, 0.2) is 24.3 Å². The number of carbonyl (C=O) groups excluding carboxylic acids is 8. The number of hydrogen-bond acceptors (Lipinski definition) is 12. The molecule has 0 spiro atoms. The van der Waals surface area contributed by atoms with Gasteiger partial charge in [-0.3, -0.25) is 39.5 Å². The Balaban J connectivity index is 2.31. The summed E-state index contributed by atoms with van der Waals surface area (Å²) in [4.78, 5) is 105. The molecule has 1 aliphatic heterocycles. The molecule has 7 amide bonds. The summed E-state index contributed by atoms with van der Waals surface area (Å²) in [6.07, 6.45) is -1.81. The molecule has 1 heterocycles. The molecule has 7 N–H and O–H groups in total. The van der Waals surface area contributed by atoms with E-state index in [1.54, 1.807) is 86.6 Å². The van der Waals surface area contributed by atoms with Crippen LogP contribution in [0.25, 0.3) is 0 Å². The van der Waals surface area contributed by atoms with Gasteiger partial charge in [-0.15, -0.1) is 0 Å². The van der Waals surface area contributed by atoms with Crippen LogP contribution < -0.4 is 31.9 Å². The molecular weight excluding hydrogens is 756 g/mol. The van der Waals surface area contributed by atoms with E-state index < -0.39 is 89.6 Å². The second kappa shape index (κ2) is 21.7. The van der Waals surface area contributed by atoms with Gasteiger partial charge in [0.05, 0.1) is 13.0 Å². The van der Waals surface area contributed by atoms with Crippen molar-refractivity contribution < 1.29 is 52.6 Å². The summed E-state index contributed by atoms with van der Waals surface area (Å²) < 4.78 is 16.0. The first-order valence-electron chi connectivity index (χ1n) is 19.1. The molecule has 1 aromatic carbocycles. The molecule has 19 nitrogen and oxygen atoms in total. The van der Waals surface area contributed by atoms with Crippen molar-refractivity contribution in [3.8, 4) is 0 Å². The van der Waals surface area contributed by atoms with Crippen molar-refractivity contribution in [3.05, 3.63) is 35.4 Å². The number of esters is 1. The highest BCUT2D eigenvalue weighted by atomic mass is 16.6. The smallest absolute Gasteiger partial charge is 0.417 e. The highest BCUT2D eigenvalue weighted by Crippen LogP contribution is 2.14. The number of guanidine groups is 1. The minimum absolute atomic E-state index is 0.00686. The van der Waals surface area contributed by atoms with E-state index >= 15 is 0 Å². The molecule has 58 heavy (non-hydrogen) atoms. The third-order valence-corrected chi connectivity index (χ3v) is 7.67. The molecule has 0 aliphatic carbocycles. The zero-order chi connectivity index (χ0) is 43.8. The molecule has 0 saturated heterocycles. The number of hydrogen-bond donors (Lipinski definition) is 7. The zero-order valence-corrected chi connectivity index (χ0v) is 35.0. The highest BCUT2D eigenvalue weighted by molar-refractivity contribution is 6.00. The van der Waals surface area contributed by atoms with Crippen LogP contribution in [-0.4, -0.2) is 107 Å². The van der Waals surface area contributed by atoms with Gasteiger partial charge < -0.3 is 40.8 Å². The van der Waals surface area contributed by atoms with E-state index in [0.29, 0.717) is 24.0 Å². The first kappa shape index (κ1) is 48.4. The zero-order valence-electron chi connectivity index (χ0n) is 35.0. The van der Waals surface area contributed by atoms with Gasteiger partial charge in [-0.2, -0.15) is 0 Å². The summed E-state index contributed by atoms with van der Waals surface area (Å²) >= 11 is 0. The van der Waals surface area contributed by atoms with Crippen molar-refractivity contribution in [2.75, 3.05) is 19.6 Å². The molecule has 0 fully saturated rings.